The summed E-state index contributed by atoms with van der Waals surface area (Å²) in [6.07, 6.45) is -3.72. The minimum Gasteiger partial charge on any atom is -0.497 e. The van der Waals surface area contributed by atoms with Crippen LogP contribution in [0.15, 0.2) is 53.0 Å². The zero-order valence-electron chi connectivity index (χ0n) is 19.4. The molecule has 0 aliphatic rings. The SMILES string of the molecule is CCN(CCN(C)c1ccc(OC)cc1)C(=O)[C@H](O)[C@@H](O)C(=O)N[C@@H](C)c1ccc(Br)cc1. The molecule has 0 unspecified atom stereocenters. The maximum atomic E-state index is 12.7. The van der Waals surface area contributed by atoms with Crippen molar-refractivity contribution in [2.75, 3.05) is 38.7 Å². The van der Waals surface area contributed by atoms with Crippen LogP contribution >= 0.6 is 15.9 Å². The molecule has 3 atom stereocenters. The summed E-state index contributed by atoms with van der Waals surface area (Å²) < 4.78 is 6.07. The van der Waals surface area contributed by atoms with Gasteiger partial charge in [-0.15, -0.1) is 0 Å². The average molecular weight is 522 g/mol. The number of methoxy groups -OCH3 is 1. The van der Waals surface area contributed by atoms with E-state index < -0.39 is 30.1 Å². The number of hydrogen-bond acceptors (Lipinski definition) is 6. The van der Waals surface area contributed by atoms with Crippen LogP contribution in [0.1, 0.15) is 25.5 Å². The van der Waals surface area contributed by atoms with Gasteiger partial charge in [0.25, 0.3) is 11.8 Å². The Kier molecular flexibility index (Phi) is 10.1. The largest absolute Gasteiger partial charge is 0.497 e. The first-order chi connectivity index (χ1) is 15.7. The Morgan fingerprint density at radius 1 is 1.03 bits per heavy atom. The molecule has 2 aromatic rings. The average Bonchev–Trinajstić information content (AvgIpc) is 2.83. The van der Waals surface area contributed by atoms with E-state index in [0.717, 1.165) is 21.5 Å². The van der Waals surface area contributed by atoms with Crippen LogP contribution in [-0.4, -0.2) is 72.9 Å². The lowest BCUT2D eigenvalue weighted by Gasteiger charge is -2.29. The molecule has 0 aliphatic carbocycles. The van der Waals surface area contributed by atoms with Crippen molar-refractivity contribution in [3.8, 4) is 5.75 Å². The fourth-order valence-electron chi connectivity index (χ4n) is 3.26. The van der Waals surface area contributed by atoms with E-state index in [1.807, 2.05) is 60.5 Å². The second kappa shape index (κ2) is 12.6. The summed E-state index contributed by atoms with van der Waals surface area (Å²) in [5.41, 5.74) is 1.78. The van der Waals surface area contributed by atoms with Crippen molar-refractivity contribution in [3.05, 3.63) is 58.6 Å². The van der Waals surface area contributed by atoms with Crippen molar-refractivity contribution < 1.29 is 24.5 Å². The Balaban J connectivity index is 1.92. The molecule has 0 aromatic heterocycles. The number of likely N-dealkylation sites (N-methyl/N-ethyl adjacent to an activating group) is 2. The zero-order valence-corrected chi connectivity index (χ0v) is 20.9. The van der Waals surface area contributed by atoms with Gasteiger partial charge in [0, 0.05) is 36.8 Å². The van der Waals surface area contributed by atoms with Crippen molar-refractivity contribution >= 4 is 33.4 Å². The molecular formula is C24H32BrN3O5. The number of aliphatic hydroxyl groups is 2. The van der Waals surface area contributed by atoms with E-state index in [1.165, 1.54) is 4.90 Å². The van der Waals surface area contributed by atoms with Crippen LogP contribution in [0, 0.1) is 0 Å². The topological polar surface area (TPSA) is 102 Å². The fourth-order valence-corrected chi connectivity index (χ4v) is 3.52. The van der Waals surface area contributed by atoms with Gasteiger partial charge >= 0.3 is 0 Å². The zero-order chi connectivity index (χ0) is 24.5. The van der Waals surface area contributed by atoms with Crippen LogP contribution in [0.4, 0.5) is 5.69 Å². The van der Waals surface area contributed by atoms with Gasteiger partial charge in [0.05, 0.1) is 13.2 Å². The predicted molar refractivity (Wildman–Crippen MR) is 131 cm³/mol. The summed E-state index contributed by atoms with van der Waals surface area (Å²) in [5, 5.41) is 23.3. The van der Waals surface area contributed by atoms with Crippen molar-refractivity contribution in [1.82, 2.24) is 10.2 Å². The first kappa shape index (κ1) is 26.6. The highest BCUT2D eigenvalue weighted by atomic mass is 79.9. The molecule has 2 aromatic carbocycles. The summed E-state index contributed by atoms with van der Waals surface area (Å²) in [6, 6.07) is 14.5. The molecule has 0 saturated carbocycles. The van der Waals surface area contributed by atoms with Gasteiger partial charge < -0.3 is 30.1 Å². The van der Waals surface area contributed by atoms with Gasteiger partial charge in [-0.25, -0.2) is 0 Å². The van der Waals surface area contributed by atoms with E-state index >= 15 is 0 Å². The molecule has 9 heteroatoms. The lowest BCUT2D eigenvalue weighted by Crippen LogP contribution is -2.52. The van der Waals surface area contributed by atoms with Crippen LogP contribution in [0.25, 0.3) is 0 Å². The first-order valence-corrected chi connectivity index (χ1v) is 11.5. The molecule has 33 heavy (non-hydrogen) atoms. The number of carbonyl (C=O) groups is 2. The van der Waals surface area contributed by atoms with Gasteiger partial charge in [-0.1, -0.05) is 28.1 Å². The highest BCUT2D eigenvalue weighted by Crippen LogP contribution is 2.19. The van der Waals surface area contributed by atoms with Crippen LogP contribution in [0.2, 0.25) is 0 Å². The third kappa shape index (κ3) is 7.45. The van der Waals surface area contributed by atoms with Gasteiger partial charge in [0.15, 0.2) is 12.2 Å². The van der Waals surface area contributed by atoms with Gasteiger partial charge in [-0.05, 0) is 55.8 Å². The standard InChI is InChI=1S/C24H32BrN3O5/c1-5-28(15-14-27(3)19-10-12-20(33-4)13-11-19)24(32)22(30)21(29)23(31)26-16(2)17-6-8-18(25)9-7-17/h6-13,16,21-22,29-30H,5,14-15H2,1-4H3,(H,26,31)/t16-,21+,22+/m0/s1. The number of nitrogens with one attached hydrogen (secondary N) is 1. The van der Waals surface area contributed by atoms with E-state index in [0.29, 0.717) is 19.6 Å². The number of nitrogens with zero attached hydrogens (tertiary/aromatic N) is 2. The minimum atomic E-state index is -1.87. The Labute approximate surface area is 203 Å². The Hall–Kier alpha value is -2.62. The summed E-state index contributed by atoms with van der Waals surface area (Å²) >= 11 is 3.35. The summed E-state index contributed by atoms with van der Waals surface area (Å²) in [6.45, 7) is 4.69. The first-order valence-electron chi connectivity index (χ1n) is 10.7. The second-order valence-corrected chi connectivity index (χ2v) is 8.62. The number of anilines is 1. The van der Waals surface area contributed by atoms with Gasteiger partial charge in [0.2, 0.25) is 0 Å². The van der Waals surface area contributed by atoms with Gasteiger partial charge in [-0.2, -0.15) is 0 Å². The molecule has 0 heterocycles. The highest BCUT2D eigenvalue weighted by Gasteiger charge is 2.33. The van der Waals surface area contributed by atoms with E-state index in [9.17, 15) is 19.8 Å². The Morgan fingerprint density at radius 2 is 1.64 bits per heavy atom. The molecule has 180 valence electrons. The second-order valence-electron chi connectivity index (χ2n) is 7.71. The molecule has 8 nitrogen and oxygen atoms in total. The number of ether oxygens (including phenoxy) is 1. The summed E-state index contributed by atoms with van der Waals surface area (Å²) in [5.74, 6) is -0.750. The number of rotatable bonds is 11. The molecular weight excluding hydrogens is 490 g/mol. The molecule has 0 radical (unpaired) electrons. The van der Waals surface area contributed by atoms with E-state index in [4.69, 9.17) is 4.74 Å². The number of aliphatic hydroxyl groups excluding tert-OH is 2. The van der Waals surface area contributed by atoms with Crippen molar-refractivity contribution in [1.29, 1.82) is 0 Å². The Bertz CT molecular complexity index is 907. The summed E-state index contributed by atoms with van der Waals surface area (Å²) in [4.78, 5) is 28.6. The van der Waals surface area contributed by atoms with Crippen LogP contribution in [0.3, 0.4) is 0 Å². The molecule has 0 bridgehead atoms. The number of benzene rings is 2. The summed E-state index contributed by atoms with van der Waals surface area (Å²) in [7, 11) is 3.49. The maximum absolute atomic E-state index is 12.7. The van der Waals surface area contributed by atoms with Gasteiger partial charge in [-0.3, -0.25) is 9.59 Å². The van der Waals surface area contributed by atoms with E-state index in [1.54, 1.807) is 21.0 Å². The lowest BCUT2D eigenvalue weighted by atomic mass is 10.1. The van der Waals surface area contributed by atoms with Crippen molar-refractivity contribution in [2.24, 2.45) is 0 Å². The maximum Gasteiger partial charge on any atom is 0.254 e. The third-order valence-corrected chi connectivity index (χ3v) is 5.99. The third-order valence-electron chi connectivity index (χ3n) is 5.46. The molecule has 3 N–H and O–H groups in total. The molecule has 0 aliphatic heterocycles. The predicted octanol–water partition coefficient (Wildman–Crippen LogP) is 2.34. The van der Waals surface area contributed by atoms with Crippen LogP contribution < -0.4 is 15.0 Å². The van der Waals surface area contributed by atoms with Gasteiger partial charge in [0.1, 0.15) is 5.75 Å². The van der Waals surface area contributed by atoms with Crippen molar-refractivity contribution in [2.45, 2.75) is 32.1 Å². The van der Waals surface area contributed by atoms with Crippen LogP contribution in [0.5, 0.6) is 5.75 Å². The molecule has 0 fully saturated rings. The van der Waals surface area contributed by atoms with E-state index in [2.05, 4.69) is 21.2 Å². The fraction of sp³-hybridized carbons (Fsp3) is 0.417. The highest BCUT2D eigenvalue weighted by molar-refractivity contribution is 9.10. The van der Waals surface area contributed by atoms with Crippen molar-refractivity contribution in [3.63, 3.8) is 0 Å². The smallest absolute Gasteiger partial charge is 0.254 e. The van der Waals surface area contributed by atoms with E-state index in [-0.39, 0.29) is 0 Å². The molecule has 0 spiro atoms. The molecule has 0 saturated heterocycles. The quantitative estimate of drug-likeness (QED) is 0.419. The number of hydrogen-bond donors (Lipinski definition) is 3. The molecule has 2 amide bonds. The van der Waals surface area contributed by atoms with Crippen LogP contribution in [-0.2, 0) is 9.59 Å². The number of amides is 2. The molecule has 2 rings (SSSR count). The number of halogens is 1. The normalized spacial score (nSPS) is 13.5. The Morgan fingerprint density at radius 3 is 2.18 bits per heavy atom. The lowest BCUT2D eigenvalue weighted by molar-refractivity contribution is -0.153. The number of carbonyl (C=O) groups excluding carboxylic acids is 2. The monoisotopic (exact) mass is 521 g/mol. The minimum absolute atomic E-state index is 0.318.